The van der Waals surface area contributed by atoms with Crippen molar-refractivity contribution in [3.8, 4) is 0 Å². The van der Waals surface area contributed by atoms with Gasteiger partial charge in [-0.1, -0.05) is 63.2 Å². The standard InChI is InChI=1S/C22H34F2Si/c1-2-13-25-14-11-20(12-15-25)19-8-5-17(6-9-19)3-4-18-7-10-21(23)22(24)16-18/h7,10,16-17,19-20,25H,2-6,8-9,11-15H2,1H3. The lowest BCUT2D eigenvalue weighted by Gasteiger charge is -2.37. The Kier molecular flexibility index (Phi) is 7.09. The first-order valence-corrected chi connectivity index (χ1v) is 13.0. The van der Waals surface area contributed by atoms with Crippen LogP contribution in [-0.4, -0.2) is 8.80 Å². The molecule has 2 fully saturated rings. The van der Waals surface area contributed by atoms with Gasteiger partial charge in [-0.05, 0) is 61.1 Å². The van der Waals surface area contributed by atoms with Gasteiger partial charge in [0.1, 0.15) is 0 Å². The average molecular weight is 365 g/mol. The van der Waals surface area contributed by atoms with Crippen LogP contribution in [0.1, 0.15) is 63.9 Å². The maximum Gasteiger partial charge on any atom is 0.159 e. The number of hydrogen-bond donors (Lipinski definition) is 0. The first-order chi connectivity index (χ1) is 12.2. The molecule has 0 unspecified atom stereocenters. The highest BCUT2D eigenvalue weighted by Crippen LogP contribution is 2.41. The minimum Gasteiger partial charge on any atom is -0.204 e. The van der Waals surface area contributed by atoms with Crippen LogP contribution in [0.3, 0.4) is 0 Å². The summed E-state index contributed by atoms with van der Waals surface area (Å²) < 4.78 is 26.3. The second-order valence-corrected chi connectivity index (χ2v) is 12.1. The van der Waals surface area contributed by atoms with E-state index < -0.39 is 11.6 Å². The molecular weight excluding hydrogens is 330 g/mol. The van der Waals surface area contributed by atoms with Crippen LogP contribution in [0.25, 0.3) is 0 Å². The van der Waals surface area contributed by atoms with Crippen LogP contribution >= 0.6 is 0 Å². The molecule has 2 aliphatic rings. The molecule has 0 N–H and O–H groups in total. The predicted molar refractivity (Wildman–Crippen MR) is 105 cm³/mol. The Hall–Kier alpha value is -0.703. The molecule has 1 aliphatic heterocycles. The lowest BCUT2D eigenvalue weighted by Crippen LogP contribution is -2.28. The van der Waals surface area contributed by atoms with Gasteiger partial charge in [0, 0.05) is 8.80 Å². The van der Waals surface area contributed by atoms with E-state index in [9.17, 15) is 8.78 Å². The Morgan fingerprint density at radius 3 is 2.24 bits per heavy atom. The van der Waals surface area contributed by atoms with Crippen LogP contribution in [0.4, 0.5) is 8.78 Å². The molecular formula is C22H34F2Si. The molecule has 0 bridgehead atoms. The molecule has 1 saturated carbocycles. The van der Waals surface area contributed by atoms with Crippen LogP contribution in [0, 0.1) is 29.4 Å². The van der Waals surface area contributed by atoms with Gasteiger partial charge in [-0.15, -0.1) is 0 Å². The molecule has 1 aromatic rings. The zero-order chi connectivity index (χ0) is 17.6. The van der Waals surface area contributed by atoms with Crippen molar-refractivity contribution in [2.75, 3.05) is 0 Å². The molecule has 0 nitrogen and oxygen atoms in total. The summed E-state index contributed by atoms with van der Waals surface area (Å²) in [7, 11) is -0.343. The van der Waals surface area contributed by atoms with Gasteiger partial charge in [0.2, 0.25) is 0 Å². The Bertz CT molecular complexity index is 529. The maximum atomic E-state index is 13.3. The van der Waals surface area contributed by atoms with Gasteiger partial charge >= 0.3 is 0 Å². The van der Waals surface area contributed by atoms with Crippen molar-refractivity contribution < 1.29 is 8.78 Å². The predicted octanol–water partition coefficient (Wildman–Crippen LogP) is 6.75. The third-order valence-corrected chi connectivity index (χ3v) is 10.7. The van der Waals surface area contributed by atoms with Gasteiger partial charge in [0.15, 0.2) is 11.6 Å². The second kappa shape index (κ2) is 9.30. The fourth-order valence-electron chi connectivity index (χ4n) is 5.37. The van der Waals surface area contributed by atoms with E-state index in [1.165, 1.54) is 57.1 Å². The van der Waals surface area contributed by atoms with E-state index in [0.717, 1.165) is 36.2 Å². The Balaban J connectivity index is 1.38. The summed E-state index contributed by atoms with van der Waals surface area (Å²) in [5.41, 5.74) is 0.945. The third kappa shape index (κ3) is 5.38. The van der Waals surface area contributed by atoms with Gasteiger partial charge in [-0.3, -0.25) is 0 Å². The van der Waals surface area contributed by atoms with Crippen molar-refractivity contribution >= 4 is 8.80 Å². The molecule has 0 spiro atoms. The summed E-state index contributed by atoms with van der Waals surface area (Å²) in [6.45, 7) is 2.35. The minimum absolute atomic E-state index is 0.343. The van der Waals surface area contributed by atoms with E-state index in [2.05, 4.69) is 6.92 Å². The van der Waals surface area contributed by atoms with E-state index in [0.29, 0.717) is 0 Å². The SMILES string of the molecule is CCC[SiH]1CCC(C2CCC(CCc3ccc(F)c(F)c3)CC2)CC1. The van der Waals surface area contributed by atoms with Crippen LogP contribution in [0.2, 0.25) is 18.1 Å². The topological polar surface area (TPSA) is 0 Å². The zero-order valence-corrected chi connectivity index (χ0v) is 16.9. The number of hydrogen-bond acceptors (Lipinski definition) is 0. The lowest BCUT2D eigenvalue weighted by molar-refractivity contribution is 0.186. The first kappa shape index (κ1) is 19.1. The largest absolute Gasteiger partial charge is 0.204 e. The quantitative estimate of drug-likeness (QED) is 0.490. The van der Waals surface area contributed by atoms with Crippen molar-refractivity contribution in [2.24, 2.45) is 17.8 Å². The van der Waals surface area contributed by atoms with Crippen LogP contribution in [0.15, 0.2) is 18.2 Å². The van der Waals surface area contributed by atoms with E-state index in [1.54, 1.807) is 24.2 Å². The molecule has 0 atom stereocenters. The van der Waals surface area contributed by atoms with E-state index in [4.69, 9.17) is 0 Å². The molecule has 1 aliphatic carbocycles. The Labute approximate surface area is 154 Å². The lowest BCUT2D eigenvalue weighted by atomic mass is 9.73. The van der Waals surface area contributed by atoms with Crippen molar-refractivity contribution in [1.82, 2.24) is 0 Å². The van der Waals surface area contributed by atoms with Crippen molar-refractivity contribution in [3.63, 3.8) is 0 Å². The summed E-state index contributed by atoms with van der Waals surface area (Å²) in [6, 6.07) is 9.16. The maximum absolute atomic E-state index is 13.3. The molecule has 1 heterocycles. The highest BCUT2D eigenvalue weighted by atomic mass is 28.3. The fraction of sp³-hybridized carbons (Fsp3) is 0.727. The molecule has 25 heavy (non-hydrogen) atoms. The normalized spacial score (nSPS) is 30.4. The van der Waals surface area contributed by atoms with Gasteiger partial charge in [-0.25, -0.2) is 8.78 Å². The summed E-state index contributed by atoms with van der Waals surface area (Å²) in [6.07, 6.45) is 12.0. The number of aryl methyl sites for hydroxylation is 1. The van der Waals surface area contributed by atoms with Crippen LogP contribution in [-0.2, 0) is 6.42 Å². The highest BCUT2D eigenvalue weighted by Gasteiger charge is 2.30. The van der Waals surface area contributed by atoms with Gasteiger partial charge < -0.3 is 0 Å². The molecule has 1 saturated heterocycles. The Morgan fingerprint density at radius 2 is 1.60 bits per heavy atom. The monoisotopic (exact) mass is 364 g/mol. The molecule has 0 radical (unpaired) electrons. The molecule has 3 rings (SSSR count). The van der Waals surface area contributed by atoms with Gasteiger partial charge in [0.25, 0.3) is 0 Å². The molecule has 140 valence electrons. The van der Waals surface area contributed by atoms with Crippen molar-refractivity contribution in [2.45, 2.75) is 82.8 Å². The van der Waals surface area contributed by atoms with Crippen molar-refractivity contribution in [1.29, 1.82) is 0 Å². The third-order valence-electron chi connectivity index (χ3n) is 6.97. The highest BCUT2D eigenvalue weighted by molar-refractivity contribution is 6.58. The minimum atomic E-state index is -0.735. The second-order valence-electron chi connectivity index (χ2n) is 8.64. The number of benzene rings is 1. The average Bonchev–Trinajstić information content (AvgIpc) is 2.64. The van der Waals surface area contributed by atoms with Gasteiger partial charge in [-0.2, -0.15) is 0 Å². The molecule has 0 amide bonds. The van der Waals surface area contributed by atoms with Crippen molar-refractivity contribution in [3.05, 3.63) is 35.4 Å². The molecule has 1 aromatic carbocycles. The van der Waals surface area contributed by atoms with Crippen LogP contribution in [0.5, 0.6) is 0 Å². The number of rotatable bonds is 6. The smallest absolute Gasteiger partial charge is 0.159 e. The molecule has 0 aromatic heterocycles. The van der Waals surface area contributed by atoms with E-state index in [-0.39, 0.29) is 8.80 Å². The van der Waals surface area contributed by atoms with Gasteiger partial charge in [0.05, 0.1) is 0 Å². The summed E-state index contributed by atoms with van der Waals surface area (Å²) in [5.74, 6) is 1.35. The summed E-state index contributed by atoms with van der Waals surface area (Å²) >= 11 is 0. The fourth-order valence-corrected chi connectivity index (χ4v) is 8.85. The van der Waals surface area contributed by atoms with E-state index >= 15 is 0 Å². The zero-order valence-electron chi connectivity index (χ0n) is 15.8. The number of halogens is 2. The van der Waals surface area contributed by atoms with E-state index in [1.807, 2.05) is 0 Å². The first-order valence-electron chi connectivity index (χ1n) is 10.6. The Morgan fingerprint density at radius 1 is 0.920 bits per heavy atom. The van der Waals surface area contributed by atoms with Crippen LogP contribution < -0.4 is 0 Å². The molecule has 3 heteroatoms. The summed E-state index contributed by atoms with van der Waals surface area (Å²) in [4.78, 5) is 0. The summed E-state index contributed by atoms with van der Waals surface area (Å²) in [5, 5.41) is 0.